The molecule has 0 fully saturated rings. The maximum Gasteiger partial charge on any atom is 0.123 e. The highest BCUT2D eigenvalue weighted by Gasteiger charge is 2.26. The fourth-order valence-electron chi connectivity index (χ4n) is 2.26. The standard InChI is InChI=1S/C15H21FN4/c1-15(2,3)14(11-5-7-12(16)8-6-11)17-9-13-10-20(4)19-18-13/h5-8,10,14,17H,9H2,1-4H3. The predicted molar refractivity (Wildman–Crippen MR) is 76.4 cm³/mol. The Kier molecular flexibility index (Phi) is 4.18. The quantitative estimate of drug-likeness (QED) is 0.933. The summed E-state index contributed by atoms with van der Waals surface area (Å²) >= 11 is 0. The third-order valence-electron chi connectivity index (χ3n) is 3.21. The van der Waals surface area contributed by atoms with E-state index in [0.29, 0.717) is 6.54 Å². The van der Waals surface area contributed by atoms with Crippen LogP contribution in [0.25, 0.3) is 0 Å². The second-order valence-corrected chi connectivity index (χ2v) is 6.12. The Hall–Kier alpha value is -1.75. The van der Waals surface area contributed by atoms with Gasteiger partial charge in [-0.2, -0.15) is 0 Å². The van der Waals surface area contributed by atoms with Crippen molar-refractivity contribution in [2.24, 2.45) is 12.5 Å². The molecule has 1 heterocycles. The van der Waals surface area contributed by atoms with Gasteiger partial charge in [-0.05, 0) is 23.1 Å². The fourth-order valence-corrected chi connectivity index (χ4v) is 2.26. The zero-order valence-electron chi connectivity index (χ0n) is 12.4. The third kappa shape index (κ3) is 3.63. The molecule has 2 rings (SSSR count). The second kappa shape index (κ2) is 5.71. The molecule has 0 aliphatic heterocycles. The number of aryl methyl sites for hydroxylation is 1. The van der Waals surface area contributed by atoms with Crippen molar-refractivity contribution in [2.45, 2.75) is 33.4 Å². The first-order valence-corrected chi connectivity index (χ1v) is 6.70. The van der Waals surface area contributed by atoms with Gasteiger partial charge in [-0.15, -0.1) is 5.10 Å². The molecule has 0 aliphatic rings. The van der Waals surface area contributed by atoms with E-state index in [-0.39, 0.29) is 17.3 Å². The van der Waals surface area contributed by atoms with Gasteiger partial charge < -0.3 is 5.32 Å². The van der Waals surface area contributed by atoms with Gasteiger partial charge >= 0.3 is 0 Å². The molecule has 1 atom stereocenters. The molecule has 2 aromatic rings. The Morgan fingerprint density at radius 3 is 2.40 bits per heavy atom. The van der Waals surface area contributed by atoms with Crippen LogP contribution in [0.5, 0.6) is 0 Å². The molecule has 0 aliphatic carbocycles. The molecule has 0 amide bonds. The molecular formula is C15H21FN4. The maximum absolute atomic E-state index is 13.1. The van der Waals surface area contributed by atoms with Crippen molar-refractivity contribution >= 4 is 0 Å². The van der Waals surface area contributed by atoms with E-state index in [1.807, 2.05) is 25.4 Å². The van der Waals surface area contributed by atoms with Gasteiger partial charge in [0.1, 0.15) is 5.82 Å². The molecule has 0 radical (unpaired) electrons. The number of nitrogens with one attached hydrogen (secondary N) is 1. The highest BCUT2D eigenvalue weighted by atomic mass is 19.1. The average molecular weight is 276 g/mol. The number of nitrogens with zero attached hydrogens (tertiary/aromatic N) is 3. The average Bonchev–Trinajstić information content (AvgIpc) is 2.76. The lowest BCUT2D eigenvalue weighted by molar-refractivity contribution is 0.270. The van der Waals surface area contributed by atoms with Gasteiger partial charge in [0.25, 0.3) is 0 Å². The maximum atomic E-state index is 13.1. The monoisotopic (exact) mass is 276 g/mol. The van der Waals surface area contributed by atoms with Gasteiger partial charge in [0.15, 0.2) is 0 Å². The minimum atomic E-state index is -0.213. The SMILES string of the molecule is Cn1cc(CNC(c2ccc(F)cc2)C(C)(C)C)nn1. The number of hydrogen-bond donors (Lipinski definition) is 1. The van der Waals surface area contributed by atoms with E-state index in [4.69, 9.17) is 0 Å². The van der Waals surface area contributed by atoms with Crippen LogP contribution >= 0.6 is 0 Å². The summed E-state index contributed by atoms with van der Waals surface area (Å²) in [6.45, 7) is 7.10. The molecule has 1 aromatic heterocycles. The van der Waals surface area contributed by atoms with Gasteiger partial charge in [0.2, 0.25) is 0 Å². The van der Waals surface area contributed by atoms with Crippen LogP contribution in [-0.4, -0.2) is 15.0 Å². The lowest BCUT2D eigenvalue weighted by atomic mass is 9.82. The molecule has 0 bridgehead atoms. The van der Waals surface area contributed by atoms with Crippen molar-refractivity contribution < 1.29 is 4.39 Å². The molecular weight excluding hydrogens is 255 g/mol. The Bertz CT molecular complexity index is 554. The van der Waals surface area contributed by atoms with E-state index in [1.165, 1.54) is 12.1 Å². The molecule has 1 N–H and O–H groups in total. The van der Waals surface area contributed by atoms with E-state index in [9.17, 15) is 4.39 Å². The third-order valence-corrected chi connectivity index (χ3v) is 3.21. The summed E-state index contributed by atoms with van der Waals surface area (Å²) < 4.78 is 14.7. The lowest BCUT2D eigenvalue weighted by Gasteiger charge is -2.32. The number of halogens is 1. The highest BCUT2D eigenvalue weighted by Crippen LogP contribution is 2.32. The fraction of sp³-hybridized carbons (Fsp3) is 0.467. The summed E-state index contributed by atoms with van der Waals surface area (Å²) in [6, 6.07) is 6.77. The molecule has 5 heteroatoms. The van der Waals surface area contributed by atoms with Crippen molar-refractivity contribution in [3.63, 3.8) is 0 Å². The number of rotatable bonds is 4. The summed E-state index contributed by atoms with van der Waals surface area (Å²) in [6.07, 6.45) is 1.89. The minimum Gasteiger partial charge on any atom is -0.304 e. The van der Waals surface area contributed by atoms with Crippen LogP contribution < -0.4 is 5.32 Å². The molecule has 1 aromatic carbocycles. The van der Waals surface area contributed by atoms with E-state index in [2.05, 4.69) is 36.4 Å². The molecule has 20 heavy (non-hydrogen) atoms. The molecule has 0 saturated carbocycles. The summed E-state index contributed by atoms with van der Waals surface area (Å²) in [5, 5.41) is 11.5. The number of aromatic nitrogens is 3. The van der Waals surface area contributed by atoms with Crippen LogP contribution in [-0.2, 0) is 13.6 Å². The Balaban J connectivity index is 2.14. The van der Waals surface area contributed by atoms with E-state index in [1.54, 1.807) is 4.68 Å². The largest absolute Gasteiger partial charge is 0.304 e. The van der Waals surface area contributed by atoms with Gasteiger partial charge in [-0.1, -0.05) is 38.1 Å². The van der Waals surface area contributed by atoms with Gasteiger partial charge in [-0.25, -0.2) is 4.39 Å². The lowest BCUT2D eigenvalue weighted by Crippen LogP contribution is -2.32. The van der Waals surface area contributed by atoms with E-state index in [0.717, 1.165) is 11.3 Å². The van der Waals surface area contributed by atoms with E-state index < -0.39 is 0 Å². The van der Waals surface area contributed by atoms with Gasteiger partial charge in [-0.3, -0.25) is 4.68 Å². The Morgan fingerprint density at radius 1 is 1.25 bits per heavy atom. The summed E-state index contributed by atoms with van der Waals surface area (Å²) in [4.78, 5) is 0. The van der Waals surface area contributed by atoms with Crippen LogP contribution in [0, 0.1) is 11.2 Å². The number of benzene rings is 1. The zero-order chi connectivity index (χ0) is 14.8. The van der Waals surface area contributed by atoms with Crippen LogP contribution in [0.3, 0.4) is 0 Å². The molecule has 108 valence electrons. The highest BCUT2D eigenvalue weighted by molar-refractivity contribution is 5.21. The molecule has 0 spiro atoms. The van der Waals surface area contributed by atoms with Crippen LogP contribution in [0.2, 0.25) is 0 Å². The van der Waals surface area contributed by atoms with Crippen molar-refractivity contribution in [1.29, 1.82) is 0 Å². The topological polar surface area (TPSA) is 42.7 Å². The van der Waals surface area contributed by atoms with Crippen LogP contribution in [0.15, 0.2) is 30.5 Å². The molecule has 1 unspecified atom stereocenters. The van der Waals surface area contributed by atoms with Crippen LogP contribution in [0.4, 0.5) is 4.39 Å². The van der Waals surface area contributed by atoms with Crippen molar-refractivity contribution in [1.82, 2.24) is 20.3 Å². The first-order valence-electron chi connectivity index (χ1n) is 6.70. The predicted octanol–water partition coefficient (Wildman–Crippen LogP) is 2.83. The molecule has 4 nitrogen and oxygen atoms in total. The molecule has 0 saturated heterocycles. The van der Waals surface area contributed by atoms with Gasteiger partial charge in [0, 0.05) is 25.8 Å². The summed E-state index contributed by atoms with van der Waals surface area (Å²) in [5.74, 6) is -0.213. The zero-order valence-corrected chi connectivity index (χ0v) is 12.4. The second-order valence-electron chi connectivity index (χ2n) is 6.12. The normalized spacial score (nSPS) is 13.4. The summed E-state index contributed by atoms with van der Waals surface area (Å²) in [7, 11) is 1.84. The summed E-state index contributed by atoms with van der Waals surface area (Å²) in [5.41, 5.74) is 1.98. The first-order chi connectivity index (χ1) is 9.36. The smallest absolute Gasteiger partial charge is 0.123 e. The van der Waals surface area contributed by atoms with E-state index >= 15 is 0 Å². The Morgan fingerprint density at radius 2 is 1.90 bits per heavy atom. The Labute approximate surface area is 119 Å². The van der Waals surface area contributed by atoms with Crippen LogP contribution in [0.1, 0.15) is 38.1 Å². The minimum absolute atomic E-state index is 0.0139. The number of hydrogen-bond acceptors (Lipinski definition) is 3. The van der Waals surface area contributed by atoms with Crippen molar-refractivity contribution in [3.05, 3.63) is 47.5 Å². The van der Waals surface area contributed by atoms with Gasteiger partial charge in [0.05, 0.1) is 5.69 Å². The van der Waals surface area contributed by atoms with Crippen molar-refractivity contribution in [3.8, 4) is 0 Å². The first kappa shape index (κ1) is 14.7. The van der Waals surface area contributed by atoms with Crippen molar-refractivity contribution in [2.75, 3.05) is 0 Å².